The first-order chi connectivity index (χ1) is 10.3. The average Bonchev–Trinajstić information content (AvgIpc) is 2.47. The molecule has 1 aromatic carbocycles. The van der Waals surface area contributed by atoms with Crippen LogP contribution in [0.4, 0.5) is 20.2 Å². The fourth-order valence-corrected chi connectivity index (χ4v) is 2.34. The molecule has 2 rings (SSSR count). The number of hydrogen-bond donors (Lipinski definition) is 0. The van der Waals surface area contributed by atoms with Crippen molar-refractivity contribution < 1.29 is 23.2 Å². The van der Waals surface area contributed by atoms with Gasteiger partial charge in [-0.25, -0.2) is 13.6 Å². The van der Waals surface area contributed by atoms with Crippen molar-refractivity contribution in [2.75, 3.05) is 24.6 Å². The normalized spacial score (nSPS) is 17.1. The molecule has 0 N–H and O–H groups in total. The number of alkyl halides is 2. The number of halogens is 2. The molecule has 0 spiro atoms. The highest BCUT2D eigenvalue weighted by molar-refractivity contribution is 5.94. The van der Waals surface area contributed by atoms with Crippen LogP contribution in [0.1, 0.15) is 30.1 Å². The number of rotatable bonds is 4. The van der Waals surface area contributed by atoms with Gasteiger partial charge in [0.25, 0.3) is 11.6 Å². The number of piperidine rings is 1. The molecule has 8 heteroatoms. The van der Waals surface area contributed by atoms with Crippen LogP contribution in [0.2, 0.25) is 0 Å². The number of nitro groups is 1. The number of hydrogen-bond acceptors (Lipinski definition) is 5. The van der Waals surface area contributed by atoms with E-state index in [9.17, 15) is 23.7 Å². The van der Waals surface area contributed by atoms with E-state index < -0.39 is 16.8 Å². The summed E-state index contributed by atoms with van der Waals surface area (Å²) in [4.78, 5) is 23.8. The largest absolute Gasteiger partial charge is 0.462 e. The summed E-state index contributed by atoms with van der Waals surface area (Å²) in [6, 6.07) is 4.05. The lowest BCUT2D eigenvalue weighted by Gasteiger charge is -2.33. The SMILES string of the molecule is CCOC(=O)c1ccc(N2CCC(F)(F)CC2)cc1[N+](=O)[O-]. The number of esters is 1. The lowest BCUT2D eigenvalue weighted by molar-refractivity contribution is -0.385. The number of carbonyl (C=O) groups is 1. The molecule has 0 radical (unpaired) electrons. The minimum atomic E-state index is -2.69. The van der Waals surface area contributed by atoms with Crippen molar-refractivity contribution in [3.63, 3.8) is 0 Å². The smallest absolute Gasteiger partial charge is 0.345 e. The molecular formula is C14H16F2N2O4. The van der Waals surface area contributed by atoms with Crippen LogP contribution >= 0.6 is 0 Å². The van der Waals surface area contributed by atoms with Crippen molar-refractivity contribution >= 4 is 17.3 Å². The van der Waals surface area contributed by atoms with Crippen LogP contribution in [0.5, 0.6) is 0 Å². The molecule has 1 saturated heterocycles. The van der Waals surface area contributed by atoms with Crippen LogP contribution < -0.4 is 4.90 Å². The number of benzene rings is 1. The Morgan fingerprint density at radius 2 is 2.05 bits per heavy atom. The first-order valence-electron chi connectivity index (χ1n) is 6.92. The van der Waals surface area contributed by atoms with Crippen LogP contribution in [-0.4, -0.2) is 36.5 Å². The molecule has 22 heavy (non-hydrogen) atoms. The van der Waals surface area contributed by atoms with Crippen LogP contribution in [0.3, 0.4) is 0 Å². The Hall–Kier alpha value is -2.25. The lowest BCUT2D eigenvalue weighted by atomic mass is 10.1. The third-order valence-corrected chi connectivity index (χ3v) is 3.53. The second-order valence-corrected chi connectivity index (χ2v) is 5.02. The van der Waals surface area contributed by atoms with E-state index in [4.69, 9.17) is 4.74 Å². The zero-order valence-electron chi connectivity index (χ0n) is 12.1. The van der Waals surface area contributed by atoms with Gasteiger partial charge in [-0.2, -0.15) is 0 Å². The Balaban J connectivity index is 2.26. The minimum absolute atomic E-state index is 0.110. The van der Waals surface area contributed by atoms with Gasteiger partial charge in [0.2, 0.25) is 0 Å². The molecule has 0 atom stereocenters. The van der Waals surface area contributed by atoms with Crippen molar-refractivity contribution in [2.45, 2.75) is 25.7 Å². The molecule has 0 aliphatic carbocycles. The third-order valence-electron chi connectivity index (χ3n) is 3.53. The van der Waals surface area contributed by atoms with E-state index in [0.717, 1.165) is 0 Å². The van der Waals surface area contributed by atoms with Crippen molar-refractivity contribution in [2.24, 2.45) is 0 Å². The Morgan fingerprint density at radius 3 is 2.59 bits per heavy atom. The van der Waals surface area contributed by atoms with Gasteiger partial charge in [-0.3, -0.25) is 10.1 Å². The maximum absolute atomic E-state index is 13.2. The van der Waals surface area contributed by atoms with Gasteiger partial charge in [0.05, 0.1) is 11.5 Å². The summed E-state index contributed by atoms with van der Waals surface area (Å²) in [6.07, 6.45) is -0.582. The Bertz CT molecular complexity index is 582. The van der Waals surface area contributed by atoms with Crippen LogP contribution in [0.25, 0.3) is 0 Å². The zero-order chi connectivity index (χ0) is 16.3. The number of carbonyl (C=O) groups excluding carboxylic acids is 1. The topological polar surface area (TPSA) is 72.7 Å². The maximum atomic E-state index is 13.2. The minimum Gasteiger partial charge on any atom is -0.462 e. The molecule has 1 fully saturated rings. The van der Waals surface area contributed by atoms with Crippen LogP contribution in [0.15, 0.2) is 18.2 Å². The summed E-state index contributed by atoms with van der Waals surface area (Å²) < 4.78 is 31.1. The number of anilines is 1. The van der Waals surface area contributed by atoms with Gasteiger partial charge in [-0.15, -0.1) is 0 Å². The highest BCUT2D eigenvalue weighted by atomic mass is 19.3. The van der Waals surface area contributed by atoms with E-state index in [-0.39, 0.29) is 43.8 Å². The van der Waals surface area contributed by atoms with Gasteiger partial charge in [0.1, 0.15) is 5.56 Å². The van der Waals surface area contributed by atoms with Crippen LogP contribution in [0, 0.1) is 10.1 Å². The highest BCUT2D eigenvalue weighted by Crippen LogP contribution is 2.32. The summed E-state index contributed by atoms with van der Waals surface area (Å²) >= 11 is 0. The molecule has 0 unspecified atom stereocenters. The molecule has 120 valence electrons. The fourth-order valence-electron chi connectivity index (χ4n) is 2.34. The van der Waals surface area contributed by atoms with E-state index >= 15 is 0 Å². The average molecular weight is 314 g/mol. The monoisotopic (exact) mass is 314 g/mol. The number of nitrogens with zero attached hydrogens (tertiary/aromatic N) is 2. The molecule has 6 nitrogen and oxygen atoms in total. The van der Waals surface area contributed by atoms with E-state index in [0.29, 0.717) is 5.69 Å². The van der Waals surface area contributed by atoms with E-state index in [1.54, 1.807) is 11.8 Å². The predicted octanol–water partition coefficient (Wildman–Crippen LogP) is 3.01. The molecule has 0 amide bonds. The summed E-state index contributed by atoms with van der Waals surface area (Å²) in [5.74, 6) is -3.46. The van der Waals surface area contributed by atoms with Crippen LogP contribution in [-0.2, 0) is 4.74 Å². The Labute approximate surface area is 125 Å². The fraction of sp³-hybridized carbons (Fsp3) is 0.500. The quantitative estimate of drug-likeness (QED) is 0.485. The van der Waals surface area contributed by atoms with Crippen molar-refractivity contribution in [1.82, 2.24) is 0 Å². The summed E-state index contributed by atoms with van der Waals surface area (Å²) in [7, 11) is 0. The summed E-state index contributed by atoms with van der Waals surface area (Å²) in [5, 5.41) is 11.1. The summed E-state index contributed by atoms with van der Waals surface area (Å²) in [5.41, 5.74) is -0.0681. The van der Waals surface area contributed by atoms with E-state index in [2.05, 4.69) is 0 Å². The van der Waals surface area contributed by atoms with Crippen molar-refractivity contribution in [3.8, 4) is 0 Å². The van der Waals surface area contributed by atoms with Gasteiger partial charge >= 0.3 is 5.97 Å². The first kappa shape index (κ1) is 16.1. The van der Waals surface area contributed by atoms with Crippen molar-refractivity contribution in [1.29, 1.82) is 0 Å². The van der Waals surface area contributed by atoms with E-state index in [1.807, 2.05) is 0 Å². The molecule has 0 bridgehead atoms. The molecule has 1 aliphatic heterocycles. The predicted molar refractivity (Wildman–Crippen MR) is 75.4 cm³/mol. The molecule has 1 heterocycles. The number of nitro benzene ring substituents is 1. The highest BCUT2D eigenvalue weighted by Gasteiger charge is 2.34. The van der Waals surface area contributed by atoms with Gasteiger partial charge in [0.15, 0.2) is 0 Å². The van der Waals surface area contributed by atoms with Gasteiger partial charge in [0, 0.05) is 37.7 Å². The standard InChI is InChI=1S/C14H16F2N2O4/c1-2-22-13(19)11-4-3-10(9-12(11)18(20)21)17-7-5-14(15,16)6-8-17/h3-4,9H,2,5-8H2,1H3. The van der Waals surface area contributed by atoms with E-state index in [1.165, 1.54) is 18.2 Å². The van der Waals surface area contributed by atoms with Crippen molar-refractivity contribution in [3.05, 3.63) is 33.9 Å². The lowest BCUT2D eigenvalue weighted by Crippen LogP contribution is -2.39. The number of ether oxygens (including phenoxy) is 1. The molecular weight excluding hydrogens is 298 g/mol. The molecule has 1 aromatic rings. The second kappa shape index (κ2) is 6.25. The molecule has 0 saturated carbocycles. The summed E-state index contributed by atoms with van der Waals surface area (Å²) in [6.45, 7) is 1.94. The molecule has 1 aliphatic rings. The Morgan fingerprint density at radius 1 is 1.41 bits per heavy atom. The third kappa shape index (κ3) is 3.49. The van der Waals surface area contributed by atoms with Gasteiger partial charge < -0.3 is 9.64 Å². The second-order valence-electron chi connectivity index (χ2n) is 5.02. The molecule has 0 aromatic heterocycles. The maximum Gasteiger partial charge on any atom is 0.345 e. The zero-order valence-corrected chi connectivity index (χ0v) is 12.1. The van der Waals surface area contributed by atoms with Gasteiger partial charge in [-0.1, -0.05) is 0 Å². The first-order valence-corrected chi connectivity index (χ1v) is 6.92. The van der Waals surface area contributed by atoms with Gasteiger partial charge in [-0.05, 0) is 19.1 Å². The Kier molecular flexibility index (Phi) is 4.58.